The summed E-state index contributed by atoms with van der Waals surface area (Å²) in [5.41, 5.74) is 12.6. The van der Waals surface area contributed by atoms with Crippen molar-refractivity contribution in [1.82, 2.24) is 9.97 Å². The number of benzene rings is 1. The third-order valence-corrected chi connectivity index (χ3v) is 5.98. The molecule has 5 N–H and O–H groups in total. The lowest BCUT2D eigenvalue weighted by Gasteiger charge is -2.30. The monoisotopic (exact) mass is 483 g/mol. The molecule has 0 bridgehead atoms. The summed E-state index contributed by atoms with van der Waals surface area (Å²) < 4.78 is 5.72. The van der Waals surface area contributed by atoms with Crippen molar-refractivity contribution in [3.63, 3.8) is 0 Å². The average Bonchev–Trinajstić information content (AvgIpc) is 2.89. The molecule has 2 heterocycles. The van der Waals surface area contributed by atoms with E-state index in [1.807, 2.05) is 18.2 Å². The number of pyridine rings is 2. The molecule has 1 aliphatic rings. The van der Waals surface area contributed by atoms with Gasteiger partial charge in [0.1, 0.15) is 12.4 Å². The molecule has 0 radical (unpaired) electrons. The Morgan fingerprint density at radius 1 is 1.08 bits per heavy atom. The number of anilines is 1. The summed E-state index contributed by atoms with van der Waals surface area (Å²) in [6.07, 6.45) is 7.87. The lowest BCUT2D eigenvalue weighted by molar-refractivity contribution is -0.122. The molecule has 3 amide bonds. The molecule has 182 valence electrons. The second-order valence-electron chi connectivity index (χ2n) is 8.37. The van der Waals surface area contributed by atoms with Gasteiger partial charge >= 0.3 is 0 Å². The zero-order valence-electron chi connectivity index (χ0n) is 19.6. The Kier molecular flexibility index (Phi) is 6.91. The van der Waals surface area contributed by atoms with Crippen LogP contribution in [0.2, 0.25) is 0 Å². The second kappa shape index (κ2) is 10.2. The number of amides is 3. The number of allylic oxidation sites excluding steroid dienone is 2. The fourth-order valence-corrected chi connectivity index (χ4v) is 3.91. The molecule has 9 heteroatoms. The fraction of sp³-hybridized carbons (Fsp3) is 0.148. The van der Waals surface area contributed by atoms with Gasteiger partial charge in [-0.3, -0.25) is 24.4 Å². The van der Waals surface area contributed by atoms with Crippen LogP contribution in [0.25, 0.3) is 0 Å². The molecular formula is C27H25N5O4. The molecule has 1 atom stereocenters. The second-order valence-corrected chi connectivity index (χ2v) is 8.37. The predicted octanol–water partition coefficient (Wildman–Crippen LogP) is 2.71. The van der Waals surface area contributed by atoms with Crippen LogP contribution in [-0.2, 0) is 21.6 Å². The van der Waals surface area contributed by atoms with Crippen LogP contribution in [-0.4, -0.2) is 27.7 Å². The molecule has 2 aromatic heterocycles. The van der Waals surface area contributed by atoms with Gasteiger partial charge in [-0.15, -0.1) is 0 Å². The lowest BCUT2D eigenvalue weighted by atomic mass is 9.72. The summed E-state index contributed by atoms with van der Waals surface area (Å²) in [5.74, 6) is -1.10. The first-order chi connectivity index (χ1) is 17.3. The Bertz CT molecular complexity index is 1370. The van der Waals surface area contributed by atoms with Crippen LogP contribution in [0.5, 0.6) is 5.75 Å². The van der Waals surface area contributed by atoms with Gasteiger partial charge < -0.3 is 21.5 Å². The van der Waals surface area contributed by atoms with Crippen LogP contribution >= 0.6 is 0 Å². The van der Waals surface area contributed by atoms with Crippen LogP contribution in [0.1, 0.15) is 33.7 Å². The maximum atomic E-state index is 13.1. The van der Waals surface area contributed by atoms with Crippen molar-refractivity contribution in [1.29, 1.82) is 0 Å². The van der Waals surface area contributed by atoms with Gasteiger partial charge in [0.05, 0.1) is 16.7 Å². The first-order valence-electron chi connectivity index (χ1n) is 11.2. The number of nitrogens with one attached hydrogen (secondary N) is 1. The fourth-order valence-electron chi connectivity index (χ4n) is 3.91. The van der Waals surface area contributed by atoms with E-state index < -0.39 is 23.1 Å². The molecule has 0 saturated carbocycles. The van der Waals surface area contributed by atoms with E-state index in [1.165, 1.54) is 6.20 Å². The van der Waals surface area contributed by atoms with E-state index in [1.54, 1.807) is 61.7 Å². The molecule has 4 rings (SSSR count). The highest BCUT2D eigenvalue weighted by Gasteiger charge is 2.40. The summed E-state index contributed by atoms with van der Waals surface area (Å²) in [4.78, 5) is 45.9. The SMILES string of the molecule is Cc1ncc(C2(C(N)=O)C=CC=C(C(N)=O)C2)cc1C(=O)Nc1ccc(OCc2ccccn2)cc1. The van der Waals surface area contributed by atoms with E-state index in [2.05, 4.69) is 15.3 Å². The quantitative estimate of drug-likeness (QED) is 0.448. The molecule has 0 fully saturated rings. The molecule has 0 saturated heterocycles. The molecule has 1 unspecified atom stereocenters. The van der Waals surface area contributed by atoms with Crippen LogP contribution in [0.3, 0.4) is 0 Å². The van der Waals surface area contributed by atoms with Crippen molar-refractivity contribution in [2.24, 2.45) is 11.5 Å². The molecule has 3 aromatic rings. The molecular weight excluding hydrogens is 458 g/mol. The normalized spacial score (nSPS) is 16.6. The van der Waals surface area contributed by atoms with Crippen LogP contribution in [0.15, 0.2) is 84.7 Å². The number of nitrogens with zero attached hydrogens (tertiary/aromatic N) is 2. The molecule has 1 aliphatic carbocycles. The lowest BCUT2D eigenvalue weighted by Crippen LogP contribution is -2.42. The van der Waals surface area contributed by atoms with E-state index in [0.29, 0.717) is 29.3 Å². The van der Waals surface area contributed by atoms with Gasteiger partial charge in [0.15, 0.2) is 0 Å². The standard InChI is InChI=1S/C27H25N5O4/c1-17-23(13-19(15-31-17)27(26(29)35)11-4-5-18(14-27)24(28)33)25(34)32-20-7-9-22(10-8-20)36-16-21-6-2-3-12-30-21/h2-13,15H,14,16H2,1H3,(H2,28,33)(H2,29,35)(H,32,34). The topological polar surface area (TPSA) is 150 Å². The number of primary amides is 2. The van der Waals surface area contributed by atoms with E-state index in [0.717, 1.165) is 5.69 Å². The number of nitrogens with two attached hydrogens (primary N) is 2. The summed E-state index contributed by atoms with van der Waals surface area (Å²) in [6.45, 7) is 2.02. The first-order valence-corrected chi connectivity index (χ1v) is 11.2. The Hall–Kier alpha value is -4.79. The molecule has 0 spiro atoms. The van der Waals surface area contributed by atoms with Crippen molar-refractivity contribution >= 4 is 23.4 Å². The first kappa shape index (κ1) is 24.3. The van der Waals surface area contributed by atoms with Crippen molar-refractivity contribution in [2.45, 2.75) is 25.4 Å². The van der Waals surface area contributed by atoms with Gasteiger partial charge in [0.25, 0.3) is 5.91 Å². The van der Waals surface area contributed by atoms with Crippen molar-refractivity contribution in [3.8, 4) is 5.75 Å². The number of carbonyl (C=O) groups is 3. The maximum absolute atomic E-state index is 13.1. The molecule has 0 aliphatic heterocycles. The smallest absolute Gasteiger partial charge is 0.257 e. The van der Waals surface area contributed by atoms with E-state index in [-0.39, 0.29) is 17.6 Å². The van der Waals surface area contributed by atoms with Crippen LogP contribution in [0, 0.1) is 6.92 Å². The third kappa shape index (κ3) is 5.15. The number of rotatable bonds is 8. The Morgan fingerprint density at radius 2 is 1.86 bits per heavy atom. The number of hydrogen-bond donors (Lipinski definition) is 3. The summed E-state index contributed by atoms with van der Waals surface area (Å²) in [5, 5.41) is 2.83. The minimum atomic E-state index is -1.35. The minimum absolute atomic E-state index is 0.0140. The third-order valence-electron chi connectivity index (χ3n) is 5.98. The van der Waals surface area contributed by atoms with Gasteiger partial charge in [-0.05, 0) is 61.4 Å². The number of hydrogen-bond acceptors (Lipinski definition) is 6. The highest BCUT2D eigenvalue weighted by atomic mass is 16.5. The van der Waals surface area contributed by atoms with Gasteiger partial charge in [-0.2, -0.15) is 0 Å². The highest BCUT2D eigenvalue weighted by molar-refractivity contribution is 6.05. The summed E-state index contributed by atoms with van der Waals surface area (Å²) >= 11 is 0. The average molecular weight is 484 g/mol. The zero-order valence-corrected chi connectivity index (χ0v) is 19.6. The van der Waals surface area contributed by atoms with E-state index in [9.17, 15) is 14.4 Å². The van der Waals surface area contributed by atoms with Crippen molar-refractivity contribution in [3.05, 3.63) is 107 Å². The Morgan fingerprint density at radius 3 is 2.53 bits per heavy atom. The summed E-state index contributed by atoms with van der Waals surface area (Å²) in [6, 6.07) is 14.1. The number of ether oxygens (including phenoxy) is 1. The molecule has 9 nitrogen and oxygen atoms in total. The van der Waals surface area contributed by atoms with Gasteiger partial charge in [0, 0.05) is 29.3 Å². The van der Waals surface area contributed by atoms with E-state index >= 15 is 0 Å². The maximum Gasteiger partial charge on any atom is 0.257 e. The number of carbonyl (C=O) groups excluding carboxylic acids is 3. The summed E-state index contributed by atoms with van der Waals surface area (Å²) in [7, 11) is 0. The van der Waals surface area contributed by atoms with Crippen LogP contribution < -0.4 is 21.5 Å². The van der Waals surface area contributed by atoms with Gasteiger partial charge in [-0.1, -0.05) is 24.3 Å². The molecule has 1 aromatic carbocycles. The zero-order chi connectivity index (χ0) is 25.7. The van der Waals surface area contributed by atoms with Crippen molar-refractivity contribution in [2.75, 3.05) is 5.32 Å². The van der Waals surface area contributed by atoms with Gasteiger partial charge in [-0.25, -0.2) is 0 Å². The predicted molar refractivity (Wildman–Crippen MR) is 134 cm³/mol. The number of aromatic nitrogens is 2. The van der Waals surface area contributed by atoms with Gasteiger partial charge in [0.2, 0.25) is 11.8 Å². The molecule has 36 heavy (non-hydrogen) atoms. The van der Waals surface area contributed by atoms with E-state index in [4.69, 9.17) is 16.2 Å². The number of aryl methyl sites for hydroxylation is 1. The Labute approximate surface area is 207 Å². The highest BCUT2D eigenvalue weighted by Crippen LogP contribution is 2.36. The van der Waals surface area contributed by atoms with Crippen LogP contribution in [0.4, 0.5) is 5.69 Å². The largest absolute Gasteiger partial charge is 0.487 e. The minimum Gasteiger partial charge on any atom is -0.487 e. The van der Waals surface area contributed by atoms with Crippen molar-refractivity contribution < 1.29 is 19.1 Å². The Balaban J connectivity index is 1.51.